The molecule has 0 spiro atoms. The zero-order chi connectivity index (χ0) is 17.7. The van der Waals surface area contributed by atoms with Crippen LogP contribution in [0.5, 0.6) is 5.75 Å². The number of pyridine rings is 1. The van der Waals surface area contributed by atoms with E-state index in [1.165, 1.54) is 10.8 Å². The molecule has 2 atom stereocenters. The van der Waals surface area contributed by atoms with Gasteiger partial charge in [0.25, 0.3) is 6.36 Å². The van der Waals surface area contributed by atoms with Gasteiger partial charge in [0.15, 0.2) is 5.75 Å². The fourth-order valence-electron chi connectivity index (χ4n) is 3.49. The van der Waals surface area contributed by atoms with Crippen molar-refractivity contribution in [1.82, 2.24) is 9.88 Å². The normalized spacial score (nSPS) is 22.7. The summed E-state index contributed by atoms with van der Waals surface area (Å²) >= 11 is 0. The van der Waals surface area contributed by atoms with Gasteiger partial charge in [-0.3, -0.25) is 4.79 Å². The Hall–Kier alpha value is -2.61. The van der Waals surface area contributed by atoms with E-state index in [1.54, 1.807) is 19.1 Å². The number of carboxylic acid groups (broad SMARTS) is 1. The molecule has 4 rings (SSSR count). The molecule has 1 saturated heterocycles. The maximum Gasteiger partial charge on any atom is 0.341 e. The van der Waals surface area contributed by atoms with Crippen molar-refractivity contribution in [3.63, 3.8) is 0 Å². The summed E-state index contributed by atoms with van der Waals surface area (Å²) in [5.74, 6) is -1.02. The second-order valence-electron chi connectivity index (χ2n) is 6.34. The van der Waals surface area contributed by atoms with E-state index < -0.39 is 23.8 Å². The van der Waals surface area contributed by atoms with Gasteiger partial charge >= 0.3 is 5.97 Å². The summed E-state index contributed by atoms with van der Waals surface area (Å²) in [6.45, 7) is 4.69. The van der Waals surface area contributed by atoms with E-state index in [0.717, 1.165) is 31.9 Å². The van der Waals surface area contributed by atoms with Crippen molar-refractivity contribution in [2.24, 2.45) is 0 Å². The van der Waals surface area contributed by atoms with Crippen molar-refractivity contribution in [3.05, 3.63) is 34.1 Å². The Morgan fingerprint density at radius 1 is 1.36 bits per heavy atom. The summed E-state index contributed by atoms with van der Waals surface area (Å²) < 4.78 is 21.5. The fraction of sp³-hybridized carbons (Fsp3) is 0.412. The van der Waals surface area contributed by atoms with Gasteiger partial charge < -0.3 is 24.6 Å². The smallest absolute Gasteiger partial charge is 0.341 e. The van der Waals surface area contributed by atoms with E-state index in [2.05, 4.69) is 10.2 Å². The van der Waals surface area contributed by atoms with E-state index in [4.69, 9.17) is 4.74 Å². The topological polar surface area (TPSA) is 83.8 Å². The zero-order valence-electron chi connectivity index (χ0n) is 13.7. The Kier molecular flexibility index (Phi) is 3.64. The number of carboxylic acids is 1. The molecule has 1 aromatic carbocycles. The lowest BCUT2D eigenvalue weighted by Crippen LogP contribution is -2.44. The predicted octanol–water partition coefficient (Wildman–Crippen LogP) is 1.36. The van der Waals surface area contributed by atoms with Crippen LogP contribution in [0.3, 0.4) is 0 Å². The number of ether oxygens (including phenoxy) is 1. The van der Waals surface area contributed by atoms with E-state index in [9.17, 15) is 19.1 Å². The molecular formula is C17H18FN3O4. The Labute approximate surface area is 142 Å². The van der Waals surface area contributed by atoms with Crippen LogP contribution in [0.25, 0.3) is 10.9 Å². The maximum atomic E-state index is 14.5. The first-order valence-corrected chi connectivity index (χ1v) is 8.20. The summed E-state index contributed by atoms with van der Waals surface area (Å²) in [6, 6.07) is 2.59. The van der Waals surface area contributed by atoms with Crippen LogP contribution in [0, 0.1) is 0 Å². The minimum absolute atomic E-state index is 0.229. The van der Waals surface area contributed by atoms with E-state index in [-0.39, 0.29) is 10.9 Å². The molecule has 2 aromatic rings. The Morgan fingerprint density at radius 3 is 2.76 bits per heavy atom. The number of aromatic carboxylic acids is 1. The number of piperazine rings is 1. The molecule has 25 heavy (non-hydrogen) atoms. The van der Waals surface area contributed by atoms with Crippen molar-refractivity contribution in [2.45, 2.75) is 19.3 Å². The van der Waals surface area contributed by atoms with Crippen LogP contribution in [-0.4, -0.2) is 48.2 Å². The number of benzene rings is 1. The van der Waals surface area contributed by atoms with E-state index in [0.29, 0.717) is 11.3 Å². The van der Waals surface area contributed by atoms with E-state index >= 15 is 0 Å². The summed E-state index contributed by atoms with van der Waals surface area (Å²) in [5, 5.41) is 12.8. The van der Waals surface area contributed by atoms with E-state index in [1.807, 2.05) is 0 Å². The molecule has 0 saturated carbocycles. The van der Waals surface area contributed by atoms with Crippen LogP contribution in [0.1, 0.15) is 23.3 Å². The highest BCUT2D eigenvalue weighted by Crippen LogP contribution is 2.42. The molecule has 0 amide bonds. The molecular weight excluding hydrogens is 329 g/mol. The van der Waals surface area contributed by atoms with Crippen LogP contribution in [0.15, 0.2) is 23.1 Å². The molecule has 2 unspecified atom stereocenters. The van der Waals surface area contributed by atoms with Gasteiger partial charge in [0.1, 0.15) is 5.56 Å². The third-order valence-corrected chi connectivity index (χ3v) is 4.86. The quantitative estimate of drug-likeness (QED) is 0.853. The molecule has 2 aliphatic rings. The van der Waals surface area contributed by atoms with Crippen molar-refractivity contribution in [3.8, 4) is 5.75 Å². The number of anilines is 1. The molecule has 2 aliphatic heterocycles. The van der Waals surface area contributed by atoms with Crippen molar-refractivity contribution in [1.29, 1.82) is 0 Å². The summed E-state index contributed by atoms with van der Waals surface area (Å²) in [5.41, 5.74) is 0.224. The number of hydrogen-bond donors (Lipinski definition) is 2. The van der Waals surface area contributed by atoms with Crippen LogP contribution in [0.4, 0.5) is 10.1 Å². The Balaban J connectivity index is 2.02. The first-order chi connectivity index (χ1) is 12.0. The third kappa shape index (κ3) is 2.36. The molecule has 1 fully saturated rings. The van der Waals surface area contributed by atoms with Crippen molar-refractivity contribution in [2.75, 3.05) is 31.1 Å². The third-order valence-electron chi connectivity index (χ3n) is 4.86. The second kappa shape index (κ2) is 5.73. The van der Waals surface area contributed by atoms with Crippen LogP contribution in [0.2, 0.25) is 0 Å². The lowest BCUT2D eigenvalue weighted by Gasteiger charge is -2.35. The molecule has 2 N–H and O–H groups in total. The highest BCUT2D eigenvalue weighted by Gasteiger charge is 2.33. The Bertz CT molecular complexity index is 920. The number of halogens is 1. The van der Waals surface area contributed by atoms with Crippen LogP contribution in [-0.2, 0) is 0 Å². The molecule has 0 aliphatic carbocycles. The van der Waals surface area contributed by atoms with Gasteiger partial charge in [0.2, 0.25) is 5.43 Å². The maximum absolute atomic E-state index is 14.5. The predicted molar refractivity (Wildman–Crippen MR) is 90.5 cm³/mol. The Morgan fingerprint density at radius 2 is 2.08 bits per heavy atom. The lowest BCUT2D eigenvalue weighted by atomic mass is 10.1. The van der Waals surface area contributed by atoms with Crippen LogP contribution >= 0.6 is 0 Å². The number of carbonyl (C=O) groups is 1. The number of nitrogens with one attached hydrogen (secondary N) is 1. The zero-order valence-corrected chi connectivity index (χ0v) is 13.7. The highest BCUT2D eigenvalue weighted by molar-refractivity contribution is 5.97. The van der Waals surface area contributed by atoms with Gasteiger partial charge in [-0.05, 0) is 19.1 Å². The second-order valence-corrected chi connectivity index (χ2v) is 6.34. The highest BCUT2D eigenvalue weighted by atomic mass is 19.1. The number of rotatable bonds is 2. The standard InChI is InChI=1S/C17H18FN3O4/c1-9-16(18)25-15-12(20-6-4-19-5-7-20)3-2-10-13(15)21(9)8-11(14(10)22)17(23)24/h2-3,8-9,16,19H,4-7H2,1H3,(H,23,24). The fourth-order valence-corrected chi connectivity index (χ4v) is 3.49. The van der Waals surface area contributed by atoms with Crippen LogP contribution < -0.4 is 20.4 Å². The molecule has 1 aromatic heterocycles. The molecule has 0 radical (unpaired) electrons. The van der Waals surface area contributed by atoms with Gasteiger partial charge in [-0.1, -0.05) is 0 Å². The number of nitrogens with zero attached hydrogens (tertiary/aromatic N) is 2. The minimum Gasteiger partial charge on any atom is -0.477 e. The number of hydrogen-bond acceptors (Lipinski definition) is 5. The van der Waals surface area contributed by atoms with Gasteiger partial charge in [-0.15, -0.1) is 0 Å². The van der Waals surface area contributed by atoms with Gasteiger partial charge in [0, 0.05) is 32.4 Å². The average Bonchev–Trinajstić information content (AvgIpc) is 2.61. The molecule has 132 valence electrons. The van der Waals surface area contributed by atoms with Gasteiger partial charge in [-0.25, -0.2) is 4.79 Å². The monoisotopic (exact) mass is 347 g/mol. The minimum atomic E-state index is -1.62. The summed E-state index contributed by atoms with van der Waals surface area (Å²) in [7, 11) is 0. The van der Waals surface area contributed by atoms with Gasteiger partial charge in [-0.2, -0.15) is 4.39 Å². The number of alkyl halides is 1. The molecule has 0 bridgehead atoms. The molecule has 8 heteroatoms. The molecule has 3 heterocycles. The van der Waals surface area contributed by atoms with Gasteiger partial charge in [0.05, 0.1) is 22.6 Å². The van der Waals surface area contributed by atoms with Crippen molar-refractivity contribution >= 4 is 22.6 Å². The first kappa shape index (κ1) is 15.9. The summed E-state index contributed by atoms with van der Waals surface area (Å²) in [4.78, 5) is 26.0. The average molecular weight is 347 g/mol. The first-order valence-electron chi connectivity index (χ1n) is 8.20. The number of aromatic nitrogens is 1. The largest absolute Gasteiger partial charge is 0.477 e. The molecule has 7 nitrogen and oxygen atoms in total. The summed E-state index contributed by atoms with van der Waals surface area (Å²) in [6.07, 6.45) is -0.401. The lowest BCUT2D eigenvalue weighted by molar-refractivity contribution is 0.0169. The SMILES string of the molecule is CC1C(F)Oc2c(N3CCNCC3)ccc3c(=O)c(C(=O)O)cn1c23. The van der Waals surface area contributed by atoms with Crippen molar-refractivity contribution < 1.29 is 19.0 Å².